The van der Waals surface area contributed by atoms with E-state index in [4.69, 9.17) is 14.2 Å². The molecule has 0 fully saturated rings. The molecule has 5 aromatic rings. The van der Waals surface area contributed by atoms with Gasteiger partial charge in [0.1, 0.15) is 28.2 Å². The standard InChI is InChI=1S/C40H37N3O6S/c1-4-49-35-18-12-11-17-29(35)25-34(43-38(44)28-15-9-6-10-16-28)39(45)41-30-19-22-32(23-20-30)50-37(27-13-7-5-8-14-27)40(46)42-33-24-21-31(47-2)26-36(33)48-3/h5-26,37H,4H2,1-3H3,(H,41,45)(H,42,46)(H,43,44)/b34-25-. The number of hydrogen-bond acceptors (Lipinski definition) is 7. The number of ether oxygens (including phenoxy) is 3. The van der Waals surface area contributed by atoms with Gasteiger partial charge in [0.15, 0.2) is 0 Å². The van der Waals surface area contributed by atoms with E-state index in [1.54, 1.807) is 73.8 Å². The highest BCUT2D eigenvalue weighted by Crippen LogP contribution is 2.38. The van der Waals surface area contributed by atoms with Crippen LogP contribution in [0.4, 0.5) is 11.4 Å². The van der Waals surface area contributed by atoms with Crippen LogP contribution in [0.5, 0.6) is 17.2 Å². The van der Waals surface area contributed by atoms with Crippen LogP contribution in [0, 0.1) is 0 Å². The van der Waals surface area contributed by atoms with Crippen LogP contribution in [-0.2, 0) is 9.59 Å². The zero-order valence-corrected chi connectivity index (χ0v) is 28.7. The molecule has 0 saturated heterocycles. The third kappa shape index (κ3) is 9.33. The first-order chi connectivity index (χ1) is 24.4. The lowest BCUT2D eigenvalue weighted by atomic mass is 10.1. The van der Waals surface area contributed by atoms with Crippen LogP contribution in [0.1, 0.15) is 33.7 Å². The molecular weight excluding hydrogens is 651 g/mol. The van der Waals surface area contributed by atoms with Crippen LogP contribution in [0.15, 0.2) is 138 Å². The fraction of sp³-hybridized carbons (Fsp3) is 0.125. The summed E-state index contributed by atoms with van der Waals surface area (Å²) in [5.74, 6) is 0.486. The molecule has 0 aliphatic rings. The Hall–Kier alpha value is -6.00. The maximum absolute atomic E-state index is 13.7. The van der Waals surface area contributed by atoms with Gasteiger partial charge in [-0.25, -0.2) is 0 Å². The molecule has 0 radical (unpaired) electrons. The number of amides is 3. The summed E-state index contributed by atoms with van der Waals surface area (Å²) in [5.41, 5.74) is 2.92. The SMILES string of the molecule is CCOc1ccccc1/C=C(\NC(=O)c1ccccc1)C(=O)Nc1ccc(SC(C(=O)Nc2ccc(OC)cc2OC)c2ccccc2)cc1. The van der Waals surface area contributed by atoms with E-state index in [0.29, 0.717) is 46.4 Å². The maximum atomic E-state index is 13.7. The van der Waals surface area contributed by atoms with E-state index in [9.17, 15) is 14.4 Å². The van der Waals surface area contributed by atoms with Gasteiger partial charge in [0, 0.05) is 27.8 Å². The summed E-state index contributed by atoms with van der Waals surface area (Å²) < 4.78 is 16.5. The molecule has 1 unspecified atom stereocenters. The molecule has 0 aromatic heterocycles. The molecule has 0 saturated carbocycles. The number of methoxy groups -OCH3 is 2. The third-order valence-corrected chi connectivity index (χ3v) is 8.69. The number of thioether (sulfide) groups is 1. The molecule has 0 bridgehead atoms. The van der Waals surface area contributed by atoms with Crippen molar-refractivity contribution >= 4 is 46.9 Å². The molecule has 5 rings (SSSR count). The van der Waals surface area contributed by atoms with E-state index in [-0.39, 0.29) is 11.6 Å². The Morgan fingerprint density at radius 3 is 2.10 bits per heavy atom. The van der Waals surface area contributed by atoms with Crippen molar-refractivity contribution in [3.05, 3.63) is 150 Å². The van der Waals surface area contributed by atoms with Gasteiger partial charge in [-0.2, -0.15) is 0 Å². The molecule has 0 aliphatic carbocycles. The summed E-state index contributed by atoms with van der Waals surface area (Å²) in [6.45, 7) is 2.31. The highest BCUT2D eigenvalue weighted by atomic mass is 32.2. The number of carbonyl (C=O) groups is 3. The van der Waals surface area contributed by atoms with Gasteiger partial charge in [0.25, 0.3) is 11.8 Å². The number of para-hydroxylation sites is 1. The van der Waals surface area contributed by atoms with Crippen LogP contribution in [0.25, 0.3) is 6.08 Å². The predicted octanol–water partition coefficient (Wildman–Crippen LogP) is 7.98. The molecule has 0 heterocycles. The zero-order valence-electron chi connectivity index (χ0n) is 27.8. The highest BCUT2D eigenvalue weighted by molar-refractivity contribution is 8.00. The van der Waals surface area contributed by atoms with Crippen molar-refractivity contribution < 1.29 is 28.6 Å². The van der Waals surface area contributed by atoms with Gasteiger partial charge in [-0.15, -0.1) is 11.8 Å². The molecule has 1 atom stereocenters. The van der Waals surface area contributed by atoms with Crippen molar-refractivity contribution in [2.45, 2.75) is 17.1 Å². The van der Waals surface area contributed by atoms with Gasteiger partial charge in [-0.3, -0.25) is 14.4 Å². The van der Waals surface area contributed by atoms with Gasteiger partial charge < -0.3 is 30.2 Å². The summed E-state index contributed by atoms with van der Waals surface area (Å²) >= 11 is 1.37. The van der Waals surface area contributed by atoms with Crippen LogP contribution in [-0.4, -0.2) is 38.5 Å². The van der Waals surface area contributed by atoms with E-state index in [2.05, 4.69) is 16.0 Å². The van der Waals surface area contributed by atoms with E-state index in [0.717, 1.165) is 10.5 Å². The molecule has 254 valence electrons. The van der Waals surface area contributed by atoms with Crippen molar-refractivity contribution in [3.63, 3.8) is 0 Å². The van der Waals surface area contributed by atoms with Crippen molar-refractivity contribution in [1.29, 1.82) is 0 Å². The largest absolute Gasteiger partial charge is 0.497 e. The zero-order chi connectivity index (χ0) is 35.3. The normalized spacial score (nSPS) is 11.5. The second-order valence-electron chi connectivity index (χ2n) is 10.8. The van der Waals surface area contributed by atoms with Crippen molar-refractivity contribution in [3.8, 4) is 17.2 Å². The number of benzene rings is 5. The minimum Gasteiger partial charge on any atom is -0.497 e. The highest BCUT2D eigenvalue weighted by Gasteiger charge is 2.24. The molecular formula is C40H37N3O6S. The average Bonchev–Trinajstić information content (AvgIpc) is 3.15. The lowest BCUT2D eigenvalue weighted by Gasteiger charge is -2.19. The lowest BCUT2D eigenvalue weighted by molar-refractivity contribution is -0.116. The molecule has 3 N–H and O–H groups in total. The molecule has 50 heavy (non-hydrogen) atoms. The van der Waals surface area contributed by atoms with E-state index in [1.165, 1.54) is 18.9 Å². The van der Waals surface area contributed by atoms with E-state index < -0.39 is 17.1 Å². The fourth-order valence-electron chi connectivity index (χ4n) is 4.94. The Bertz CT molecular complexity index is 1950. The number of rotatable bonds is 14. The molecule has 5 aromatic carbocycles. The quantitative estimate of drug-likeness (QED) is 0.0801. The summed E-state index contributed by atoms with van der Waals surface area (Å²) in [6.07, 6.45) is 1.59. The molecule has 0 aliphatic heterocycles. The minimum atomic E-state index is -0.600. The van der Waals surface area contributed by atoms with Crippen LogP contribution < -0.4 is 30.2 Å². The number of carbonyl (C=O) groups excluding carboxylic acids is 3. The first-order valence-electron chi connectivity index (χ1n) is 15.8. The van der Waals surface area contributed by atoms with Gasteiger partial charge in [-0.05, 0) is 73.2 Å². The van der Waals surface area contributed by atoms with Crippen molar-refractivity contribution in [2.24, 2.45) is 0 Å². The molecule has 0 spiro atoms. The Morgan fingerprint density at radius 2 is 1.42 bits per heavy atom. The third-order valence-electron chi connectivity index (χ3n) is 7.42. The van der Waals surface area contributed by atoms with E-state index >= 15 is 0 Å². The number of hydrogen-bond donors (Lipinski definition) is 3. The number of anilines is 2. The van der Waals surface area contributed by atoms with Gasteiger partial charge in [0.2, 0.25) is 5.91 Å². The number of nitrogens with one attached hydrogen (secondary N) is 3. The second kappa shape index (κ2) is 17.4. The first kappa shape index (κ1) is 35.3. The lowest BCUT2D eigenvalue weighted by Crippen LogP contribution is -2.30. The Labute approximate surface area is 295 Å². The van der Waals surface area contributed by atoms with Crippen LogP contribution in [0.3, 0.4) is 0 Å². The summed E-state index contributed by atoms with van der Waals surface area (Å²) in [4.78, 5) is 41.3. The Morgan fingerprint density at radius 1 is 0.740 bits per heavy atom. The average molecular weight is 688 g/mol. The van der Waals surface area contributed by atoms with Gasteiger partial charge >= 0.3 is 0 Å². The van der Waals surface area contributed by atoms with Crippen LogP contribution >= 0.6 is 11.8 Å². The predicted molar refractivity (Wildman–Crippen MR) is 198 cm³/mol. The smallest absolute Gasteiger partial charge is 0.272 e. The molecule has 10 heteroatoms. The summed E-state index contributed by atoms with van der Waals surface area (Å²) in [5, 5.41) is 8.04. The maximum Gasteiger partial charge on any atom is 0.272 e. The minimum absolute atomic E-state index is 0.0410. The molecule has 3 amide bonds. The second-order valence-corrected chi connectivity index (χ2v) is 12.0. The fourth-order valence-corrected chi connectivity index (χ4v) is 5.96. The van der Waals surface area contributed by atoms with Crippen molar-refractivity contribution in [1.82, 2.24) is 5.32 Å². The van der Waals surface area contributed by atoms with Gasteiger partial charge in [0.05, 0.1) is 26.5 Å². The Balaban J connectivity index is 1.35. The van der Waals surface area contributed by atoms with Gasteiger partial charge in [-0.1, -0.05) is 66.7 Å². The Kier molecular flexibility index (Phi) is 12.3. The van der Waals surface area contributed by atoms with Crippen molar-refractivity contribution in [2.75, 3.05) is 31.5 Å². The monoisotopic (exact) mass is 687 g/mol. The van der Waals surface area contributed by atoms with E-state index in [1.807, 2.05) is 73.7 Å². The summed E-state index contributed by atoms with van der Waals surface area (Å²) in [6, 6.07) is 37.8. The van der Waals surface area contributed by atoms with Crippen LogP contribution in [0.2, 0.25) is 0 Å². The molecule has 9 nitrogen and oxygen atoms in total. The first-order valence-corrected chi connectivity index (χ1v) is 16.7. The topological polar surface area (TPSA) is 115 Å². The summed E-state index contributed by atoms with van der Waals surface area (Å²) in [7, 11) is 3.10.